The van der Waals surface area contributed by atoms with Gasteiger partial charge in [0.25, 0.3) is 11.1 Å². The van der Waals surface area contributed by atoms with Crippen molar-refractivity contribution in [3.05, 3.63) is 52.9 Å². The molecule has 2 aromatic carbocycles. The summed E-state index contributed by atoms with van der Waals surface area (Å²) in [5.74, 6) is -0.385. The Balaban J connectivity index is 1.85. The predicted molar refractivity (Wildman–Crippen MR) is 104 cm³/mol. The van der Waals surface area contributed by atoms with Gasteiger partial charge < -0.3 is 15.2 Å². The van der Waals surface area contributed by atoms with Gasteiger partial charge in [-0.15, -0.1) is 0 Å². The second-order valence-corrected chi connectivity index (χ2v) is 6.67. The fraction of sp³-hybridized carbons (Fsp3) is 0.105. The van der Waals surface area contributed by atoms with E-state index in [1.807, 2.05) is 0 Å². The third-order valence-electron chi connectivity index (χ3n) is 3.74. The predicted octanol–water partition coefficient (Wildman–Crippen LogP) is 3.60. The van der Waals surface area contributed by atoms with Crippen LogP contribution in [-0.2, 0) is 9.59 Å². The third-order valence-corrected chi connectivity index (χ3v) is 4.61. The van der Waals surface area contributed by atoms with E-state index >= 15 is 0 Å². The van der Waals surface area contributed by atoms with Gasteiger partial charge in [0.1, 0.15) is 0 Å². The number of phenolic OH excluding ortho intramolecular Hbond substituents is 1. The van der Waals surface area contributed by atoms with Gasteiger partial charge in [-0.1, -0.05) is 6.07 Å². The zero-order valence-electron chi connectivity index (χ0n) is 14.6. The zero-order chi connectivity index (χ0) is 19.6. The molecule has 0 aromatic heterocycles. The van der Waals surface area contributed by atoms with Crippen molar-refractivity contribution in [2.24, 2.45) is 0 Å². The minimum atomic E-state index is -0.440. The number of nitrogens with one attached hydrogen (secondary N) is 1. The summed E-state index contributed by atoms with van der Waals surface area (Å²) in [5, 5.41) is 11.9. The highest BCUT2D eigenvalue weighted by Gasteiger charge is 2.36. The number of amides is 3. The Hall–Kier alpha value is -3.26. The first-order valence-corrected chi connectivity index (χ1v) is 8.73. The van der Waals surface area contributed by atoms with Gasteiger partial charge in [0.15, 0.2) is 11.5 Å². The summed E-state index contributed by atoms with van der Waals surface area (Å²) in [5.41, 5.74) is 1.61. The van der Waals surface area contributed by atoms with E-state index in [1.165, 1.54) is 20.1 Å². The Morgan fingerprint density at radius 2 is 1.89 bits per heavy atom. The van der Waals surface area contributed by atoms with Gasteiger partial charge in [0.05, 0.1) is 17.7 Å². The largest absolute Gasteiger partial charge is 0.504 e. The molecule has 0 unspecified atom stereocenters. The van der Waals surface area contributed by atoms with Gasteiger partial charge in [-0.2, -0.15) is 0 Å². The number of hydrogen-bond acceptors (Lipinski definition) is 6. The van der Waals surface area contributed by atoms with Gasteiger partial charge in [-0.25, -0.2) is 4.90 Å². The number of benzene rings is 2. The number of hydrogen-bond donors (Lipinski definition) is 2. The van der Waals surface area contributed by atoms with Crippen LogP contribution in [0.3, 0.4) is 0 Å². The van der Waals surface area contributed by atoms with Gasteiger partial charge in [-0.05, 0) is 59.8 Å². The van der Waals surface area contributed by atoms with Crippen LogP contribution in [0.25, 0.3) is 6.08 Å². The van der Waals surface area contributed by atoms with Crippen molar-refractivity contribution < 1.29 is 24.2 Å². The van der Waals surface area contributed by atoms with Crippen LogP contribution in [0.15, 0.2) is 47.4 Å². The number of carbonyl (C=O) groups excluding carboxylic acids is 3. The van der Waals surface area contributed by atoms with Gasteiger partial charge in [-0.3, -0.25) is 14.4 Å². The van der Waals surface area contributed by atoms with Gasteiger partial charge in [0, 0.05) is 12.6 Å². The molecule has 3 amide bonds. The molecule has 1 saturated heterocycles. The standard InChI is InChI=1S/C19H16N2O5S/c1-11(22)20-13-4-6-14(7-5-13)21-18(24)17(27-19(21)25)10-12-3-8-15(23)16(9-12)26-2/h3-10,23H,1-2H3,(H,20,22)/b17-10-. The normalized spacial score (nSPS) is 15.3. The number of ether oxygens (including phenoxy) is 1. The minimum Gasteiger partial charge on any atom is -0.504 e. The summed E-state index contributed by atoms with van der Waals surface area (Å²) in [6.07, 6.45) is 1.57. The first-order chi connectivity index (χ1) is 12.9. The van der Waals surface area contributed by atoms with E-state index in [0.717, 1.165) is 16.7 Å². The van der Waals surface area contributed by atoms with E-state index in [0.29, 0.717) is 16.9 Å². The molecule has 2 N–H and O–H groups in total. The molecule has 3 rings (SSSR count). The van der Waals surface area contributed by atoms with E-state index in [9.17, 15) is 19.5 Å². The van der Waals surface area contributed by atoms with Crippen LogP contribution < -0.4 is 15.0 Å². The molecule has 0 atom stereocenters. The lowest BCUT2D eigenvalue weighted by Crippen LogP contribution is -2.27. The number of methoxy groups -OCH3 is 1. The Kier molecular flexibility index (Phi) is 5.18. The quantitative estimate of drug-likeness (QED) is 0.782. The molecular formula is C19H16N2O5S. The molecular weight excluding hydrogens is 368 g/mol. The Morgan fingerprint density at radius 3 is 2.52 bits per heavy atom. The topological polar surface area (TPSA) is 95.9 Å². The molecule has 1 heterocycles. The fourth-order valence-electron chi connectivity index (χ4n) is 2.52. The van der Waals surface area contributed by atoms with E-state index in [1.54, 1.807) is 42.5 Å². The summed E-state index contributed by atoms with van der Waals surface area (Å²) in [6, 6.07) is 11.1. The van der Waals surface area contributed by atoms with Crippen molar-refractivity contribution in [3.8, 4) is 11.5 Å². The molecule has 2 aromatic rings. The molecule has 1 aliphatic heterocycles. The Morgan fingerprint density at radius 1 is 1.19 bits per heavy atom. The van der Waals surface area contributed by atoms with Crippen LogP contribution >= 0.6 is 11.8 Å². The highest BCUT2D eigenvalue weighted by molar-refractivity contribution is 8.19. The summed E-state index contributed by atoms with van der Waals surface area (Å²) in [7, 11) is 1.43. The summed E-state index contributed by atoms with van der Waals surface area (Å²) < 4.78 is 5.05. The first kappa shape index (κ1) is 18.5. The summed E-state index contributed by atoms with van der Waals surface area (Å²) in [4.78, 5) is 37.4. The lowest BCUT2D eigenvalue weighted by molar-refractivity contribution is -0.114. The monoisotopic (exact) mass is 384 g/mol. The van der Waals surface area contributed by atoms with Crippen LogP contribution in [0.5, 0.6) is 11.5 Å². The average Bonchev–Trinajstić information content (AvgIpc) is 2.90. The molecule has 138 valence electrons. The second kappa shape index (κ2) is 7.55. The number of nitrogens with zero attached hydrogens (tertiary/aromatic N) is 1. The second-order valence-electron chi connectivity index (χ2n) is 5.68. The molecule has 0 spiro atoms. The SMILES string of the molecule is COc1cc(/C=C2\SC(=O)N(c3ccc(NC(C)=O)cc3)C2=O)ccc1O. The number of phenols is 1. The molecule has 0 radical (unpaired) electrons. The number of anilines is 2. The lowest BCUT2D eigenvalue weighted by atomic mass is 10.2. The molecule has 27 heavy (non-hydrogen) atoms. The van der Waals surface area contributed by atoms with Crippen molar-refractivity contribution in [1.82, 2.24) is 0 Å². The highest BCUT2D eigenvalue weighted by atomic mass is 32.2. The third kappa shape index (κ3) is 3.95. The van der Waals surface area contributed by atoms with Gasteiger partial charge >= 0.3 is 0 Å². The summed E-state index contributed by atoms with van der Waals surface area (Å²) >= 11 is 0.829. The maximum Gasteiger partial charge on any atom is 0.298 e. The molecule has 0 aliphatic carbocycles. The van der Waals surface area contributed by atoms with E-state index < -0.39 is 11.1 Å². The van der Waals surface area contributed by atoms with Crippen LogP contribution in [0.2, 0.25) is 0 Å². The minimum absolute atomic E-state index is 0.0120. The van der Waals surface area contributed by atoms with Crippen LogP contribution in [0.4, 0.5) is 16.2 Å². The number of imide groups is 1. The molecule has 0 bridgehead atoms. The van der Waals surface area contributed by atoms with Crippen LogP contribution in [0.1, 0.15) is 12.5 Å². The smallest absolute Gasteiger partial charge is 0.298 e. The number of aromatic hydroxyl groups is 1. The van der Waals surface area contributed by atoms with Crippen molar-refractivity contribution >= 4 is 46.3 Å². The number of carbonyl (C=O) groups is 3. The number of thioether (sulfide) groups is 1. The van der Waals surface area contributed by atoms with Crippen LogP contribution in [-0.4, -0.2) is 29.3 Å². The molecule has 1 fully saturated rings. The average molecular weight is 384 g/mol. The zero-order valence-corrected chi connectivity index (χ0v) is 15.4. The van der Waals surface area contributed by atoms with Crippen molar-refractivity contribution in [1.29, 1.82) is 0 Å². The maximum atomic E-state index is 12.7. The van der Waals surface area contributed by atoms with Gasteiger partial charge in [0.2, 0.25) is 5.91 Å². The molecule has 1 aliphatic rings. The van der Waals surface area contributed by atoms with Crippen LogP contribution in [0, 0.1) is 0 Å². The first-order valence-electron chi connectivity index (χ1n) is 7.91. The fourth-order valence-corrected chi connectivity index (χ4v) is 3.36. The Labute approximate surface area is 159 Å². The Bertz CT molecular complexity index is 953. The lowest BCUT2D eigenvalue weighted by Gasteiger charge is -2.13. The molecule has 8 heteroatoms. The maximum absolute atomic E-state index is 12.7. The van der Waals surface area contributed by atoms with E-state index in [4.69, 9.17) is 4.74 Å². The molecule has 0 saturated carbocycles. The molecule has 7 nitrogen and oxygen atoms in total. The van der Waals surface area contributed by atoms with E-state index in [2.05, 4.69) is 5.32 Å². The highest BCUT2D eigenvalue weighted by Crippen LogP contribution is 2.37. The van der Waals surface area contributed by atoms with Crippen molar-refractivity contribution in [3.63, 3.8) is 0 Å². The summed E-state index contributed by atoms with van der Waals surface area (Å²) in [6.45, 7) is 1.40. The number of rotatable bonds is 4. The van der Waals surface area contributed by atoms with Crippen molar-refractivity contribution in [2.45, 2.75) is 6.92 Å². The van der Waals surface area contributed by atoms with Crippen molar-refractivity contribution in [2.75, 3.05) is 17.3 Å². The van der Waals surface area contributed by atoms with E-state index in [-0.39, 0.29) is 22.3 Å².